The Morgan fingerprint density at radius 2 is 2.10 bits per heavy atom. The molecule has 20 heavy (non-hydrogen) atoms. The Morgan fingerprint density at radius 3 is 2.75 bits per heavy atom. The first-order valence-corrected chi connectivity index (χ1v) is 7.49. The van der Waals surface area contributed by atoms with Gasteiger partial charge in [0, 0.05) is 24.6 Å². The van der Waals surface area contributed by atoms with Gasteiger partial charge in [0.2, 0.25) is 0 Å². The minimum absolute atomic E-state index is 0.00806. The maximum absolute atomic E-state index is 13.8. The maximum atomic E-state index is 13.8. The fraction of sp³-hybridized carbons (Fsp3) is 0.647. The van der Waals surface area contributed by atoms with Gasteiger partial charge in [-0.15, -0.1) is 0 Å². The lowest BCUT2D eigenvalue weighted by atomic mass is 9.88. The van der Waals surface area contributed by atoms with E-state index in [4.69, 9.17) is 4.74 Å². The van der Waals surface area contributed by atoms with E-state index in [-0.39, 0.29) is 17.5 Å². The van der Waals surface area contributed by atoms with Gasteiger partial charge in [-0.2, -0.15) is 0 Å². The maximum Gasteiger partial charge on any atom is 0.126 e. The van der Waals surface area contributed by atoms with Crippen LogP contribution in [0.2, 0.25) is 0 Å². The second kappa shape index (κ2) is 6.23. The minimum Gasteiger partial charge on any atom is -0.373 e. The normalized spacial score (nSPS) is 23.9. The fourth-order valence-electron chi connectivity index (χ4n) is 2.64. The molecule has 1 aliphatic rings. The van der Waals surface area contributed by atoms with Crippen molar-refractivity contribution in [2.24, 2.45) is 5.92 Å². The molecule has 112 valence electrons. The highest BCUT2D eigenvalue weighted by Gasteiger charge is 2.28. The molecule has 1 saturated heterocycles. The molecule has 1 N–H and O–H groups in total. The summed E-state index contributed by atoms with van der Waals surface area (Å²) >= 11 is 0. The van der Waals surface area contributed by atoms with Crippen LogP contribution < -0.4 is 5.32 Å². The first-order valence-electron chi connectivity index (χ1n) is 7.49. The molecule has 0 aliphatic carbocycles. The van der Waals surface area contributed by atoms with Crippen LogP contribution in [0.3, 0.4) is 0 Å². The zero-order chi connectivity index (χ0) is 14.8. The number of aryl methyl sites for hydroxylation is 1. The number of rotatable bonds is 3. The molecule has 0 saturated carbocycles. The summed E-state index contributed by atoms with van der Waals surface area (Å²) in [7, 11) is 0. The molecular formula is C17H26FNO. The second-order valence-corrected chi connectivity index (χ2v) is 6.83. The van der Waals surface area contributed by atoms with Crippen molar-refractivity contribution in [3.63, 3.8) is 0 Å². The van der Waals surface area contributed by atoms with E-state index < -0.39 is 0 Å². The van der Waals surface area contributed by atoms with E-state index in [1.54, 1.807) is 13.0 Å². The van der Waals surface area contributed by atoms with Crippen LogP contribution in [0, 0.1) is 18.7 Å². The van der Waals surface area contributed by atoms with Crippen LogP contribution in [0.4, 0.5) is 4.39 Å². The average Bonchev–Trinajstić information content (AvgIpc) is 2.39. The Balaban J connectivity index is 2.11. The van der Waals surface area contributed by atoms with Gasteiger partial charge in [-0.1, -0.05) is 12.1 Å². The zero-order valence-electron chi connectivity index (χ0n) is 13.0. The summed E-state index contributed by atoms with van der Waals surface area (Å²) in [6.45, 7) is 9.96. The molecule has 0 spiro atoms. The molecule has 1 aliphatic heterocycles. The number of nitrogens with one attached hydrogen (secondary N) is 1. The fourth-order valence-corrected chi connectivity index (χ4v) is 2.64. The van der Waals surface area contributed by atoms with Crippen LogP contribution in [0.1, 0.15) is 50.8 Å². The lowest BCUT2D eigenvalue weighted by Crippen LogP contribution is -2.41. The first kappa shape index (κ1) is 15.5. The Labute approximate surface area is 121 Å². The van der Waals surface area contributed by atoms with Gasteiger partial charge in [0.25, 0.3) is 0 Å². The molecule has 1 fully saturated rings. The molecule has 0 radical (unpaired) electrons. The summed E-state index contributed by atoms with van der Waals surface area (Å²) in [5.41, 5.74) is 1.75. The van der Waals surface area contributed by atoms with E-state index in [0.29, 0.717) is 11.5 Å². The minimum atomic E-state index is -0.140. The lowest BCUT2D eigenvalue weighted by Gasteiger charge is -2.34. The van der Waals surface area contributed by atoms with Crippen LogP contribution in [0.15, 0.2) is 18.2 Å². The molecule has 2 unspecified atom stereocenters. The van der Waals surface area contributed by atoms with Crippen molar-refractivity contribution in [1.82, 2.24) is 5.32 Å². The third-order valence-electron chi connectivity index (χ3n) is 3.86. The predicted octanol–water partition coefficient (Wildman–Crippen LogP) is 3.99. The van der Waals surface area contributed by atoms with Gasteiger partial charge in [0.05, 0.1) is 6.10 Å². The van der Waals surface area contributed by atoms with E-state index in [0.717, 1.165) is 31.6 Å². The number of benzene rings is 1. The van der Waals surface area contributed by atoms with Gasteiger partial charge in [-0.05, 0) is 57.7 Å². The van der Waals surface area contributed by atoms with Crippen molar-refractivity contribution < 1.29 is 9.13 Å². The van der Waals surface area contributed by atoms with Gasteiger partial charge in [0.1, 0.15) is 5.82 Å². The smallest absolute Gasteiger partial charge is 0.126 e. The van der Waals surface area contributed by atoms with E-state index in [2.05, 4.69) is 26.1 Å². The summed E-state index contributed by atoms with van der Waals surface area (Å²) in [5.74, 6) is 0.268. The van der Waals surface area contributed by atoms with Gasteiger partial charge in [0.15, 0.2) is 0 Å². The largest absolute Gasteiger partial charge is 0.373 e. The standard InChI is InChI=1S/C17H26FNO/c1-12-7-8-13(10-15(12)18)16-14(6-5-9-20-16)11-19-17(2,3)4/h7-8,10,14,16,19H,5-6,9,11H2,1-4H3. The molecule has 1 aromatic rings. The number of hydrogen-bond acceptors (Lipinski definition) is 2. The molecule has 0 aromatic heterocycles. The molecule has 1 heterocycles. The highest BCUT2D eigenvalue weighted by atomic mass is 19.1. The Hall–Kier alpha value is -0.930. The predicted molar refractivity (Wildman–Crippen MR) is 80.3 cm³/mol. The first-order chi connectivity index (χ1) is 9.37. The van der Waals surface area contributed by atoms with Gasteiger partial charge in [-0.3, -0.25) is 0 Å². The van der Waals surface area contributed by atoms with E-state index in [9.17, 15) is 4.39 Å². The summed E-state index contributed by atoms with van der Waals surface area (Å²) in [6.07, 6.45) is 2.22. The molecule has 0 bridgehead atoms. The molecule has 0 amide bonds. The molecule has 2 nitrogen and oxygen atoms in total. The van der Waals surface area contributed by atoms with Crippen molar-refractivity contribution in [2.75, 3.05) is 13.2 Å². The monoisotopic (exact) mass is 279 g/mol. The summed E-state index contributed by atoms with van der Waals surface area (Å²) < 4.78 is 19.7. The summed E-state index contributed by atoms with van der Waals surface area (Å²) in [4.78, 5) is 0. The Morgan fingerprint density at radius 1 is 1.35 bits per heavy atom. The van der Waals surface area contributed by atoms with Crippen molar-refractivity contribution in [3.05, 3.63) is 35.1 Å². The molecule has 3 heteroatoms. The van der Waals surface area contributed by atoms with Crippen LogP contribution in [0.5, 0.6) is 0 Å². The average molecular weight is 279 g/mol. The SMILES string of the molecule is Cc1ccc(C2OCCCC2CNC(C)(C)C)cc1F. The highest BCUT2D eigenvalue weighted by Crippen LogP contribution is 2.34. The van der Waals surface area contributed by atoms with Crippen molar-refractivity contribution in [3.8, 4) is 0 Å². The molecule has 2 rings (SSSR count). The lowest BCUT2D eigenvalue weighted by molar-refractivity contribution is -0.0294. The second-order valence-electron chi connectivity index (χ2n) is 6.83. The van der Waals surface area contributed by atoms with Crippen molar-refractivity contribution >= 4 is 0 Å². The van der Waals surface area contributed by atoms with Crippen LogP contribution in [-0.4, -0.2) is 18.7 Å². The van der Waals surface area contributed by atoms with Crippen LogP contribution >= 0.6 is 0 Å². The summed E-state index contributed by atoms with van der Waals surface area (Å²) in [6, 6.07) is 5.48. The van der Waals surface area contributed by atoms with Crippen LogP contribution in [-0.2, 0) is 4.74 Å². The Bertz CT molecular complexity index is 453. The van der Waals surface area contributed by atoms with E-state index in [1.807, 2.05) is 12.1 Å². The Kier molecular flexibility index (Phi) is 4.82. The third kappa shape index (κ3) is 4.03. The number of ether oxygens (including phenoxy) is 1. The third-order valence-corrected chi connectivity index (χ3v) is 3.86. The molecule has 1 aromatic carbocycles. The van der Waals surface area contributed by atoms with Crippen molar-refractivity contribution in [2.45, 2.75) is 52.2 Å². The number of halogens is 1. The quantitative estimate of drug-likeness (QED) is 0.903. The molecule has 2 atom stereocenters. The van der Waals surface area contributed by atoms with Crippen molar-refractivity contribution in [1.29, 1.82) is 0 Å². The van der Waals surface area contributed by atoms with Gasteiger partial charge < -0.3 is 10.1 Å². The molecular weight excluding hydrogens is 253 g/mol. The van der Waals surface area contributed by atoms with Gasteiger partial charge in [-0.25, -0.2) is 4.39 Å². The zero-order valence-corrected chi connectivity index (χ0v) is 13.0. The van der Waals surface area contributed by atoms with E-state index in [1.165, 1.54) is 0 Å². The van der Waals surface area contributed by atoms with Crippen LogP contribution in [0.25, 0.3) is 0 Å². The van der Waals surface area contributed by atoms with E-state index >= 15 is 0 Å². The number of hydrogen-bond donors (Lipinski definition) is 1. The topological polar surface area (TPSA) is 21.3 Å². The highest BCUT2D eigenvalue weighted by molar-refractivity contribution is 5.25. The van der Waals surface area contributed by atoms with Gasteiger partial charge >= 0.3 is 0 Å². The summed E-state index contributed by atoms with van der Waals surface area (Å²) in [5, 5.41) is 3.54.